The zero-order chi connectivity index (χ0) is 14.0. The van der Waals surface area contributed by atoms with Crippen molar-refractivity contribution in [1.29, 1.82) is 0 Å². The largest absolute Gasteiger partial charge is 0.481 e. The van der Waals surface area contributed by atoms with E-state index >= 15 is 0 Å². The van der Waals surface area contributed by atoms with Gasteiger partial charge in [-0.25, -0.2) is 4.39 Å². The first-order chi connectivity index (χ1) is 9.02. The van der Waals surface area contributed by atoms with E-state index in [2.05, 4.69) is 4.90 Å². The van der Waals surface area contributed by atoms with Crippen molar-refractivity contribution >= 4 is 17.7 Å². The molecule has 0 aromatic heterocycles. The summed E-state index contributed by atoms with van der Waals surface area (Å²) in [7, 11) is 0. The molecule has 5 heteroatoms. The summed E-state index contributed by atoms with van der Waals surface area (Å²) >= 11 is 1.39. The number of thioether (sulfide) groups is 1. The number of benzene rings is 1. The highest BCUT2D eigenvalue weighted by atomic mass is 32.2. The molecule has 1 N–H and O–H groups in total. The topological polar surface area (TPSA) is 40.5 Å². The molecule has 1 fully saturated rings. The molecule has 2 atom stereocenters. The summed E-state index contributed by atoms with van der Waals surface area (Å²) in [5, 5.41) is 9.01. The second kappa shape index (κ2) is 5.92. The van der Waals surface area contributed by atoms with E-state index in [1.807, 2.05) is 19.2 Å². The van der Waals surface area contributed by atoms with E-state index in [4.69, 9.17) is 5.11 Å². The van der Waals surface area contributed by atoms with Gasteiger partial charge in [-0.05, 0) is 43.8 Å². The lowest BCUT2D eigenvalue weighted by atomic mass is 10.1. The van der Waals surface area contributed by atoms with Crippen LogP contribution in [0.3, 0.4) is 0 Å². The summed E-state index contributed by atoms with van der Waals surface area (Å²) in [4.78, 5) is 13.7. The number of aliphatic carboxylic acids is 1. The Morgan fingerprint density at radius 2 is 2.32 bits per heavy atom. The molecule has 104 valence electrons. The lowest BCUT2D eigenvalue weighted by molar-refractivity contribution is -0.141. The van der Waals surface area contributed by atoms with Crippen molar-refractivity contribution in [2.24, 2.45) is 5.92 Å². The molecule has 3 nitrogen and oxygen atoms in total. The van der Waals surface area contributed by atoms with Gasteiger partial charge in [0.25, 0.3) is 0 Å². The molecule has 1 aliphatic heterocycles. The van der Waals surface area contributed by atoms with Crippen LogP contribution in [0.4, 0.5) is 4.39 Å². The molecule has 1 aliphatic rings. The maximum atomic E-state index is 13.8. The summed E-state index contributed by atoms with van der Waals surface area (Å²) < 4.78 is 13.8. The second-order valence-electron chi connectivity index (χ2n) is 4.89. The van der Waals surface area contributed by atoms with Crippen molar-refractivity contribution in [3.05, 3.63) is 29.6 Å². The minimum Gasteiger partial charge on any atom is -0.481 e. The van der Waals surface area contributed by atoms with Gasteiger partial charge in [0.15, 0.2) is 0 Å². The third-order valence-corrected chi connectivity index (χ3v) is 4.55. The van der Waals surface area contributed by atoms with Crippen LogP contribution in [0.15, 0.2) is 23.1 Å². The first-order valence-electron chi connectivity index (χ1n) is 6.33. The fourth-order valence-corrected chi connectivity index (χ4v) is 2.95. The molecule has 1 saturated heterocycles. The molecule has 0 spiro atoms. The summed E-state index contributed by atoms with van der Waals surface area (Å²) in [6.07, 6.45) is 2.52. The molecular weight excluding hydrogens is 265 g/mol. The number of hydrogen-bond donors (Lipinski definition) is 1. The van der Waals surface area contributed by atoms with Crippen molar-refractivity contribution in [2.75, 3.05) is 19.3 Å². The molecule has 2 rings (SSSR count). The summed E-state index contributed by atoms with van der Waals surface area (Å²) in [6.45, 7) is 3.30. The Bertz CT molecular complexity index is 481. The third kappa shape index (κ3) is 3.09. The van der Waals surface area contributed by atoms with Crippen molar-refractivity contribution in [3.8, 4) is 0 Å². The fraction of sp³-hybridized carbons (Fsp3) is 0.500. The molecule has 1 heterocycles. The summed E-state index contributed by atoms with van der Waals surface area (Å²) in [6, 6.07) is 5.32. The van der Waals surface area contributed by atoms with Crippen molar-refractivity contribution < 1.29 is 14.3 Å². The number of halogens is 1. The third-order valence-electron chi connectivity index (χ3n) is 3.77. The molecule has 0 saturated carbocycles. The Kier molecular flexibility index (Phi) is 4.47. The Morgan fingerprint density at radius 3 is 2.84 bits per heavy atom. The number of hydrogen-bond acceptors (Lipinski definition) is 3. The van der Waals surface area contributed by atoms with Crippen LogP contribution in [0.25, 0.3) is 0 Å². The molecule has 0 aliphatic carbocycles. The van der Waals surface area contributed by atoms with Crippen LogP contribution in [0.1, 0.15) is 24.9 Å². The molecule has 19 heavy (non-hydrogen) atoms. The average molecular weight is 283 g/mol. The Hall–Kier alpha value is -1.07. The second-order valence-corrected chi connectivity index (χ2v) is 5.74. The molecule has 0 amide bonds. The van der Waals surface area contributed by atoms with Crippen LogP contribution in [0.5, 0.6) is 0 Å². The number of carbonyl (C=O) groups is 1. The van der Waals surface area contributed by atoms with Crippen LogP contribution in [0.2, 0.25) is 0 Å². The first-order valence-corrected chi connectivity index (χ1v) is 7.55. The molecule has 1 aromatic rings. The maximum absolute atomic E-state index is 13.8. The zero-order valence-electron chi connectivity index (χ0n) is 11.1. The van der Waals surface area contributed by atoms with Gasteiger partial charge in [0, 0.05) is 17.5 Å². The predicted octanol–water partition coefficient (Wildman–Crippen LogP) is 3.02. The predicted molar refractivity (Wildman–Crippen MR) is 73.9 cm³/mol. The van der Waals surface area contributed by atoms with Crippen LogP contribution in [0, 0.1) is 11.7 Å². The van der Waals surface area contributed by atoms with Gasteiger partial charge in [-0.15, -0.1) is 11.8 Å². The van der Waals surface area contributed by atoms with Gasteiger partial charge in [-0.3, -0.25) is 9.69 Å². The number of carboxylic acid groups (broad SMARTS) is 1. The van der Waals surface area contributed by atoms with E-state index in [1.54, 1.807) is 12.1 Å². The molecule has 2 unspecified atom stereocenters. The van der Waals surface area contributed by atoms with Gasteiger partial charge < -0.3 is 5.11 Å². The van der Waals surface area contributed by atoms with Crippen molar-refractivity contribution in [3.63, 3.8) is 0 Å². The number of nitrogens with zero attached hydrogens (tertiary/aromatic N) is 1. The van der Waals surface area contributed by atoms with Gasteiger partial charge in [0.2, 0.25) is 0 Å². The summed E-state index contributed by atoms with van der Waals surface area (Å²) in [5.74, 6) is -1.23. The van der Waals surface area contributed by atoms with E-state index in [0.717, 1.165) is 12.1 Å². The van der Waals surface area contributed by atoms with Gasteiger partial charge >= 0.3 is 5.97 Å². The molecule has 0 radical (unpaired) electrons. The van der Waals surface area contributed by atoms with E-state index in [0.29, 0.717) is 17.9 Å². The van der Waals surface area contributed by atoms with E-state index in [-0.39, 0.29) is 17.8 Å². The van der Waals surface area contributed by atoms with Crippen LogP contribution in [-0.4, -0.2) is 35.3 Å². The fourth-order valence-electron chi connectivity index (χ4n) is 2.49. The minimum atomic E-state index is -0.737. The molecule has 1 aromatic carbocycles. The highest BCUT2D eigenvalue weighted by Gasteiger charge is 2.31. The van der Waals surface area contributed by atoms with Gasteiger partial charge in [0.05, 0.1) is 5.92 Å². The lowest BCUT2D eigenvalue weighted by Crippen LogP contribution is -2.26. The number of carboxylic acids is 1. The summed E-state index contributed by atoms with van der Waals surface area (Å²) in [5.41, 5.74) is 0.904. The van der Waals surface area contributed by atoms with Crippen molar-refractivity contribution in [1.82, 2.24) is 4.90 Å². The quantitative estimate of drug-likeness (QED) is 0.862. The van der Waals surface area contributed by atoms with Crippen LogP contribution < -0.4 is 0 Å². The van der Waals surface area contributed by atoms with Gasteiger partial charge in [-0.1, -0.05) is 6.07 Å². The Morgan fingerprint density at radius 1 is 1.58 bits per heavy atom. The number of rotatable bonds is 4. The molecule has 0 bridgehead atoms. The smallest absolute Gasteiger partial charge is 0.307 e. The number of likely N-dealkylation sites (tertiary alicyclic amines) is 1. The van der Waals surface area contributed by atoms with E-state index < -0.39 is 5.97 Å². The van der Waals surface area contributed by atoms with Gasteiger partial charge in [-0.2, -0.15) is 0 Å². The SMILES string of the molecule is CSc1ccc(C(C)N2CCC(C(=O)O)C2)cc1F. The van der Waals surface area contributed by atoms with Crippen molar-refractivity contribution in [2.45, 2.75) is 24.3 Å². The lowest BCUT2D eigenvalue weighted by Gasteiger charge is -2.24. The Balaban J connectivity index is 2.10. The molecular formula is C14H18FNO2S. The standard InChI is InChI=1S/C14H18FNO2S/c1-9(16-6-5-11(8-16)14(17)18)10-3-4-13(19-2)12(15)7-10/h3-4,7,9,11H,5-6,8H2,1-2H3,(H,17,18). The Labute approximate surface area is 116 Å². The minimum absolute atomic E-state index is 0.0507. The van der Waals surface area contributed by atoms with E-state index in [9.17, 15) is 9.18 Å². The van der Waals surface area contributed by atoms with Crippen LogP contribution in [-0.2, 0) is 4.79 Å². The average Bonchev–Trinajstić information content (AvgIpc) is 2.87. The highest BCUT2D eigenvalue weighted by Crippen LogP contribution is 2.29. The zero-order valence-corrected chi connectivity index (χ0v) is 11.9. The van der Waals surface area contributed by atoms with E-state index in [1.165, 1.54) is 11.8 Å². The van der Waals surface area contributed by atoms with Gasteiger partial charge in [0.1, 0.15) is 5.82 Å². The monoisotopic (exact) mass is 283 g/mol. The van der Waals surface area contributed by atoms with Crippen LogP contribution >= 0.6 is 11.8 Å². The highest BCUT2D eigenvalue weighted by molar-refractivity contribution is 7.98. The maximum Gasteiger partial charge on any atom is 0.307 e. The first kappa shape index (κ1) is 14.3. The normalized spacial score (nSPS) is 21.5.